The second-order valence-corrected chi connectivity index (χ2v) is 9.22. The predicted molar refractivity (Wildman–Crippen MR) is 140 cm³/mol. The Balaban J connectivity index is 0.00000152. The first-order chi connectivity index (χ1) is 16.7. The minimum atomic E-state index is -0.148. The summed E-state index contributed by atoms with van der Waals surface area (Å²) < 4.78 is 14.7. The molecule has 0 amide bonds. The molecule has 1 N–H and O–H groups in total. The lowest BCUT2D eigenvalue weighted by Crippen LogP contribution is -2.46. The normalized spacial score (nSPS) is 19.4. The monoisotopic (exact) mass is 536 g/mol. The van der Waals surface area contributed by atoms with Crippen LogP contribution in [0.3, 0.4) is 0 Å². The van der Waals surface area contributed by atoms with Gasteiger partial charge in [-0.05, 0) is 38.4 Å². The van der Waals surface area contributed by atoms with E-state index in [1.807, 2.05) is 6.07 Å². The van der Waals surface area contributed by atoms with Gasteiger partial charge in [0.2, 0.25) is 0 Å². The number of hydrogen-bond donors (Lipinski definition) is 1. The van der Waals surface area contributed by atoms with Gasteiger partial charge in [0.15, 0.2) is 11.5 Å². The molecule has 3 aromatic heterocycles. The lowest BCUT2D eigenvalue weighted by Gasteiger charge is -2.36. The smallest absolute Gasteiger partial charge is 0.270 e. The summed E-state index contributed by atoms with van der Waals surface area (Å²) in [5.74, 6) is 1.48. The topological polar surface area (TPSA) is 104 Å². The summed E-state index contributed by atoms with van der Waals surface area (Å²) in [6.07, 6.45) is 5.92. The lowest BCUT2D eigenvalue weighted by atomic mass is 10.0. The molecule has 6 heterocycles. The number of fused-ring (bicyclic) bond motifs is 1. The number of aryl methyl sites for hydroxylation is 1. The number of nitrogens with one attached hydrogen (secondary N) is 1. The van der Waals surface area contributed by atoms with E-state index in [1.165, 1.54) is 6.20 Å². The first-order valence-electron chi connectivity index (χ1n) is 12.0. The van der Waals surface area contributed by atoms with Crippen molar-refractivity contribution in [2.24, 2.45) is 0 Å². The fraction of sp³-hybridized carbons (Fsp3) is 0.500. The summed E-state index contributed by atoms with van der Waals surface area (Å²) in [6.45, 7) is 5.19. The number of likely N-dealkylation sites (tertiary alicyclic amines) is 1. The van der Waals surface area contributed by atoms with E-state index in [1.54, 1.807) is 27.5 Å². The highest BCUT2D eigenvalue weighted by atomic mass is 35.5. The van der Waals surface area contributed by atoms with Crippen LogP contribution in [0.4, 0.5) is 0 Å². The van der Waals surface area contributed by atoms with Gasteiger partial charge in [-0.25, -0.2) is 4.98 Å². The van der Waals surface area contributed by atoms with Gasteiger partial charge in [-0.1, -0.05) is 0 Å². The number of piperidine rings is 1. The van der Waals surface area contributed by atoms with E-state index >= 15 is 0 Å². The van der Waals surface area contributed by atoms with E-state index in [0.29, 0.717) is 49.3 Å². The third-order valence-corrected chi connectivity index (χ3v) is 7.08. The molecule has 0 radical (unpaired) electrons. The van der Waals surface area contributed by atoms with Gasteiger partial charge < -0.3 is 19.7 Å². The molecule has 1 saturated heterocycles. The molecule has 194 valence electrons. The predicted octanol–water partition coefficient (Wildman–Crippen LogP) is 1.77. The summed E-state index contributed by atoms with van der Waals surface area (Å²) in [7, 11) is 0. The third-order valence-electron chi connectivity index (χ3n) is 7.08. The molecule has 0 aliphatic carbocycles. The van der Waals surface area contributed by atoms with Crippen molar-refractivity contribution in [1.29, 1.82) is 0 Å². The van der Waals surface area contributed by atoms with Crippen LogP contribution < -0.4 is 25.9 Å². The zero-order valence-electron chi connectivity index (χ0n) is 19.8. The van der Waals surface area contributed by atoms with E-state index in [4.69, 9.17) is 9.47 Å². The van der Waals surface area contributed by atoms with Crippen molar-refractivity contribution >= 4 is 36.0 Å². The first-order valence-corrected chi connectivity index (χ1v) is 12.0. The number of nitrogens with zero attached hydrogens (tertiary/aromatic N) is 5. The Kier molecular flexibility index (Phi) is 8.19. The van der Waals surface area contributed by atoms with Crippen molar-refractivity contribution in [2.75, 3.05) is 32.8 Å². The standard InChI is InChI=1S/C24H28N6O4.2ClH/c31-22-2-1-19-24-29(23(32)14-27-19)8-5-18(30(22)24)15-28-6-3-16(4-7-28)25-12-17-11-20-21(13-26-17)34-10-9-33-20;;/h1-2,11,13-14,16,18,25H,3-10,12,15H2;2*1H. The van der Waals surface area contributed by atoms with Crippen LogP contribution in [0.2, 0.25) is 0 Å². The minimum absolute atomic E-state index is 0. The Morgan fingerprint density at radius 1 is 0.917 bits per heavy atom. The fourth-order valence-electron chi connectivity index (χ4n) is 5.30. The van der Waals surface area contributed by atoms with E-state index in [2.05, 4.69) is 20.2 Å². The van der Waals surface area contributed by atoms with Crippen LogP contribution in [0, 0.1) is 0 Å². The molecule has 3 aliphatic rings. The lowest BCUT2D eigenvalue weighted by molar-refractivity contribution is 0.163. The summed E-state index contributed by atoms with van der Waals surface area (Å²) in [4.78, 5) is 36.2. The summed E-state index contributed by atoms with van der Waals surface area (Å²) in [5, 5.41) is 3.63. The molecule has 12 heteroatoms. The van der Waals surface area contributed by atoms with Gasteiger partial charge in [-0.3, -0.25) is 23.7 Å². The zero-order valence-corrected chi connectivity index (χ0v) is 21.4. The maximum absolute atomic E-state index is 12.7. The number of pyridine rings is 2. The molecule has 3 aliphatic heterocycles. The van der Waals surface area contributed by atoms with Gasteiger partial charge in [-0.2, -0.15) is 0 Å². The molecule has 0 bridgehead atoms. The maximum Gasteiger partial charge on any atom is 0.270 e. The molecule has 0 spiro atoms. The molecule has 1 unspecified atom stereocenters. The van der Waals surface area contributed by atoms with Crippen molar-refractivity contribution in [2.45, 2.75) is 44.4 Å². The Morgan fingerprint density at radius 3 is 2.50 bits per heavy atom. The highest BCUT2D eigenvalue weighted by molar-refractivity contribution is 5.85. The molecular weight excluding hydrogens is 507 g/mol. The highest BCUT2D eigenvalue weighted by Gasteiger charge is 2.27. The van der Waals surface area contributed by atoms with Crippen LogP contribution in [0.1, 0.15) is 31.0 Å². The molecule has 0 saturated carbocycles. The van der Waals surface area contributed by atoms with Crippen molar-refractivity contribution in [3.05, 3.63) is 57.0 Å². The van der Waals surface area contributed by atoms with Gasteiger partial charge in [-0.15, -0.1) is 24.8 Å². The van der Waals surface area contributed by atoms with Gasteiger partial charge >= 0.3 is 0 Å². The second kappa shape index (κ2) is 11.2. The number of aromatic nitrogens is 4. The summed E-state index contributed by atoms with van der Waals surface area (Å²) in [5.41, 5.74) is 2.08. The highest BCUT2D eigenvalue weighted by Crippen LogP contribution is 2.29. The first kappa shape index (κ1) is 26.4. The number of hydrogen-bond acceptors (Lipinski definition) is 8. The van der Waals surface area contributed by atoms with Gasteiger partial charge in [0.1, 0.15) is 24.4 Å². The van der Waals surface area contributed by atoms with Crippen molar-refractivity contribution < 1.29 is 9.47 Å². The molecule has 1 atom stereocenters. The molecule has 0 aromatic carbocycles. The Morgan fingerprint density at radius 2 is 1.69 bits per heavy atom. The molecule has 10 nitrogen and oxygen atoms in total. The molecule has 6 rings (SSSR count). The Bertz CT molecular complexity index is 1330. The average molecular weight is 537 g/mol. The van der Waals surface area contributed by atoms with Crippen LogP contribution in [0.25, 0.3) is 11.2 Å². The van der Waals surface area contributed by atoms with E-state index < -0.39 is 0 Å². The fourth-order valence-corrected chi connectivity index (χ4v) is 5.30. The number of rotatable bonds is 5. The van der Waals surface area contributed by atoms with Crippen LogP contribution in [0.5, 0.6) is 11.5 Å². The van der Waals surface area contributed by atoms with Gasteiger partial charge in [0, 0.05) is 37.8 Å². The number of halogens is 2. The van der Waals surface area contributed by atoms with E-state index in [-0.39, 0.29) is 42.0 Å². The quantitative estimate of drug-likeness (QED) is 0.526. The zero-order chi connectivity index (χ0) is 23.1. The van der Waals surface area contributed by atoms with E-state index in [0.717, 1.165) is 50.3 Å². The SMILES string of the molecule is Cl.Cl.O=c1cnc2ccc(=O)n3c2n1CCC3CN1CCC(NCc2cc3c(cn2)OCCO3)CC1. The van der Waals surface area contributed by atoms with Gasteiger partial charge in [0.05, 0.1) is 24.1 Å². The molecule has 3 aromatic rings. The minimum Gasteiger partial charge on any atom is -0.486 e. The van der Waals surface area contributed by atoms with E-state index in [9.17, 15) is 9.59 Å². The van der Waals surface area contributed by atoms with Crippen LogP contribution in [-0.4, -0.2) is 62.9 Å². The van der Waals surface area contributed by atoms with Crippen LogP contribution in [-0.2, 0) is 13.1 Å². The summed E-state index contributed by atoms with van der Waals surface area (Å²) >= 11 is 0. The largest absolute Gasteiger partial charge is 0.486 e. The van der Waals surface area contributed by atoms with Crippen molar-refractivity contribution in [1.82, 2.24) is 29.3 Å². The Hall–Kier alpha value is -2.66. The van der Waals surface area contributed by atoms with Crippen molar-refractivity contribution in [3.63, 3.8) is 0 Å². The second-order valence-electron chi connectivity index (χ2n) is 9.22. The molecule has 1 fully saturated rings. The molecular formula is C24H30Cl2N6O4. The van der Waals surface area contributed by atoms with Crippen LogP contribution >= 0.6 is 24.8 Å². The third kappa shape index (κ3) is 5.08. The Labute approximate surface area is 220 Å². The summed E-state index contributed by atoms with van der Waals surface area (Å²) in [6, 6.07) is 5.69. The average Bonchev–Trinajstić information content (AvgIpc) is 2.87. The number of ether oxygens (including phenoxy) is 2. The van der Waals surface area contributed by atoms with Gasteiger partial charge in [0.25, 0.3) is 11.1 Å². The molecule has 36 heavy (non-hydrogen) atoms. The maximum atomic E-state index is 12.7. The van der Waals surface area contributed by atoms with Crippen LogP contribution in [0.15, 0.2) is 40.2 Å². The van der Waals surface area contributed by atoms with Crippen molar-refractivity contribution in [3.8, 4) is 11.5 Å².